The van der Waals surface area contributed by atoms with Crippen molar-refractivity contribution in [3.63, 3.8) is 0 Å². The third kappa shape index (κ3) is 3.11. The molecule has 1 aromatic carbocycles. The van der Waals surface area contributed by atoms with Gasteiger partial charge in [0.2, 0.25) is 0 Å². The van der Waals surface area contributed by atoms with Crippen molar-refractivity contribution in [3.8, 4) is 5.75 Å². The molecule has 0 bridgehead atoms. The van der Waals surface area contributed by atoms with Gasteiger partial charge in [-0.25, -0.2) is 0 Å². The normalized spacial score (nSPS) is 22.2. The van der Waals surface area contributed by atoms with E-state index in [2.05, 4.69) is 51.2 Å². The molecule has 1 N–H and O–H groups in total. The van der Waals surface area contributed by atoms with Gasteiger partial charge in [-0.3, -0.25) is 0 Å². The average molecular weight is 261 g/mol. The summed E-state index contributed by atoms with van der Waals surface area (Å²) in [5, 5.41) is 3.62. The van der Waals surface area contributed by atoms with E-state index < -0.39 is 0 Å². The molecule has 1 aliphatic heterocycles. The van der Waals surface area contributed by atoms with Gasteiger partial charge in [0.1, 0.15) is 11.9 Å². The van der Waals surface area contributed by atoms with Crippen LogP contribution in [0, 0.1) is 12.8 Å². The molecule has 2 unspecified atom stereocenters. The Labute approximate surface area is 117 Å². The molecule has 0 radical (unpaired) electrons. The quantitative estimate of drug-likeness (QED) is 0.856. The Bertz CT molecular complexity index is 412. The van der Waals surface area contributed by atoms with Crippen molar-refractivity contribution in [1.29, 1.82) is 0 Å². The van der Waals surface area contributed by atoms with Crippen molar-refractivity contribution in [2.24, 2.45) is 5.92 Å². The zero-order chi connectivity index (χ0) is 13.8. The van der Waals surface area contributed by atoms with E-state index >= 15 is 0 Å². The lowest BCUT2D eigenvalue weighted by Crippen LogP contribution is -2.37. The molecule has 19 heavy (non-hydrogen) atoms. The van der Waals surface area contributed by atoms with Gasteiger partial charge in [0.15, 0.2) is 0 Å². The summed E-state index contributed by atoms with van der Waals surface area (Å²) in [5.41, 5.74) is 2.65. The standard InChI is InChI=1S/C17H27NO/c1-5-13(6-2)17-11-15(18-7-3)14-10-12(4)8-9-16(14)19-17/h8-10,13,15,17-18H,5-7,11H2,1-4H3. The van der Waals surface area contributed by atoms with Gasteiger partial charge in [-0.15, -0.1) is 0 Å². The van der Waals surface area contributed by atoms with Crippen LogP contribution in [0.2, 0.25) is 0 Å². The highest BCUT2D eigenvalue weighted by Crippen LogP contribution is 2.38. The molecule has 0 aliphatic carbocycles. The Hall–Kier alpha value is -1.02. The van der Waals surface area contributed by atoms with Gasteiger partial charge in [-0.2, -0.15) is 0 Å². The van der Waals surface area contributed by atoms with Gasteiger partial charge in [0.25, 0.3) is 0 Å². The third-order valence-electron chi connectivity index (χ3n) is 4.31. The fraction of sp³-hybridized carbons (Fsp3) is 0.647. The maximum Gasteiger partial charge on any atom is 0.124 e. The van der Waals surface area contributed by atoms with E-state index in [0.29, 0.717) is 18.1 Å². The highest BCUT2D eigenvalue weighted by atomic mass is 16.5. The first-order valence-corrected chi connectivity index (χ1v) is 7.70. The molecule has 1 aliphatic rings. The van der Waals surface area contributed by atoms with Crippen LogP contribution in [-0.2, 0) is 0 Å². The minimum Gasteiger partial charge on any atom is -0.490 e. The van der Waals surface area contributed by atoms with Crippen LogP contribution in [0.25, 0.3) is 0 Å². The van der Waals surface area contributed by atoms with Gasteiger partial charge in [0, 0.05) is 18.0 Å². The minimum atomic E-state index is 0.356. The monoisotopic (exact) mass is 261 g/mol. The third-order valence-corrected chi connectivity index (χ3v) is 4.31. The maximum absolute atomic E-state index is 6.27. The van der Waals surface area contributed by atoms with Crippen molar-refractivity contribution >= 4 is 0 Å². The summed E-state index contributed by atoms with van der Waals surface area (Å²) in [6.45, 7) is 9.87. The molecule has 0 aromatic heterocycles. The molecule has 0 saturated carbocycles. The van der Waals surface area contributed by atoms with Gasteiger partial charge in [-0.1, -0.05) is 38.5 Å². The molecule has 2 nitrogen and oxygen atoms in total. The van der Waals surface area contributed by atoms with Crippen molar-refractivity contribution < 1.29 is 4.74 Å². The van der Waals surface area contributed by atoms with E-state index in [9.17, 15) is 0 Å². The minimum absolute atomic E-state index is 0.356. The van der Waals surface area contributed by atoms with Gasteiger partial charge < -0.3 is 10.1 Å². The van der Waals surface area contributed by atoms with Gasteiger partial charge in [-0.05, 0) is 38.3 Å². The van der Waals surface area contributed by atoms with Gasteiger partial charge in [0.05, 0.1) is 0 Å². The highest BCUT2D eigenvalue weighted by Gasteiger charge is 2.31. The summed E-state index contributed by atoms with van der Waals surface area (Å²) in [5.74, 6) is 1.75. The summed E-state index contributed by atoms with van der Waals surface area (Å²) in [4.78, 5) is 0. The predicted octanol–water partition coefficient (Wildman–Crippen LogP) is 4.23. The molecule has 0 spiro atoms. The van der Waals surface area contributed by atoms with E-state index in [4.69, 9.17) is 4.74 Å². The molecule has 2 atom stereocenters. The number of hydrogen-bond acceptors (Lipinski definition) is 2. The first kappa shape index (κ1) is 14.4. The smallest absolute Gasteiger partial charge is 0.124 e. The number of aryl methyl sites for hydroxylation is 1. The van der Waals surface area contributed by atoms with E-state index in [1.165, 1.54) is 24.0 Å². The van der Waals surface area contributed by atoms with E-state index in [1.807, 2.05) is 0 Å². The summed E-state index contributed by atoms with van der Waals surface area (Å²) >= 11 is 0. The lowest BCUT2D eigenvalue weighted by atomic mass is 9.86. The van der Waals surface area contributed by atoms with Crippen LogP contribution in [0.1, 0.15) is 57.2 Å². The van der Waals surface area contributed by atoms with Crippen LogP contribution in [0.3, 0.4) is 0 Å². The number of ether oxygens (including phenoxy) is 1. The summed E-state index contributed by atoms with van der Waals surface area (Å²) < 4.78 is 6.27. The molecular formula is C17H27NO. The molecule has 2 rings (SSSR count). The SMILES string of the molecule is CCNC1CC(C(CC)CC)Oc2ccc(C)cc21. The predicted molar refractivity (Wildman–Crippen MR) is 80.7 cm³/mol. The van der Waals surface area contributed by atoms with E-state index in [0.717, 1.165) is 18.7 Å². The summed E-state index contributed by atoms with van der Waals surface area (Å²) in [7, 11) is 0. The number of benzene rings is 1. The molecule has 106 valence electrons. The summed E-state index contributed by atoms with van der Waals surface area (Å²) in [6.07, 6.45) is 3.84. The van der Waals surface area contributed by atoms with Crippen molar-refractivity contribution in [2.45, 2.75) is 59.1 Å². The first-order valence-electron chi connectivity index (χ1n) is 7.70. The van der Waals surface area contributed by atoms with Crippen LogP contribution in [0.4, 0.5) is 0 Å². The highest BCUT2D eigenvalue weighted by molar-refractivity contribution is 5.41. The molecule has 2 heteroatoms. The Morgan fingerprint density at radius 1 is 1.26 bits per heavy atom. The topological polar surface area (TPSA) is 21.3 Å². The fourth-order valence-corrected chi connectivity index (χ4v) is 3.16. The van der Waals surface area contributed by atoms with Gasteiger partial charge >= 0.3 is 0 Å². The second-order valence-corrected chi connectivity index (χ2v) is 5.62. The van der Waals surface area contributed by atoms with Crippen LogP contribution in [0.5, 0.6) is 5.75 Å². The average Bonchev–Trinajstić information content (AvgIpc) is 2.41. The zero-order valence-electron chi connectivity index (χ0n) is 12.7. The largest absolute Gasteiger partial charge is 0.490 e. The molecule has 0 saturated heterocycles. The molecule has 1 heterocycles. The van der Waals surface area contributed by atoms with Crippen molar-refractivity contribution in [1.82, 2.24) is 5.32 Å². The van der Waals surface area contributed by atoms with E-state index in [1.54, 1.807) is 0 Å². The Kier molecular flexibility index (Phi) is 4.87. The molecule has 0 fully saturated rings. The van der Waals surface area contributed by atoms with E-state index in [-0.39, 0.29) is 0 Å². The fourth-order valence-electron chi connectivity index (χ4n) is 3.16. The number of fused-ring (bicyclic) bond motifs is 1. The van der Waals surface area contributed by atoms with Crippen molar-refractivity contribution in [3.05, 3.63) is 29.3 Å². The Morgan fingerprint density at radius 3 is 2.63 bits per heavy atom. The van der Waals surface area contributed by atoms with Crippen LogP contribution >= 0.6 is 0 Å². The number of nitrogens with one attached hydrogen (secondary N) is 1. The maximum atomic E-state index is 6.27. The zero-order valence-corrected chi connectivity index (χ0v) is 12.7. The Balaban J connectivity index is 2.27. The van der Waals surface area contributed by atoms with Crippen molar-refractivity contribution in [2.75, 3.05) is 6.54 Å². The Morgan fingerprint density at radius 2 is 2.00 bits per heavy atom. The molecule has 1 aromatic rings. The second kappa shape index (κ2) is 6.42. The number of hydrogen-bond donors (Lipinski definition) is 1. The second-order valence-electron chi connectivity index (χ2n) is 5.62. The summed E-state index contributed by atoms with van der Waals surface area (Å²) in [6, 6.07) is 7.01. The van der Waals surface area contributed by atoms with Crippen LogP contribution in [-0.4, -0.2) is 12.6 Å². The first-order chi connectivity index (χ1) is 9.19. The molecular weight excluding hydrogens is 234 g/mol. The van der Waals surface area contributed by atoms with Crippen LogP contribution in [0.15, 0.2) is 18.2 Å². The lowest BCUT2D eigenvalue weighted by molar-refractivity contribution is 0.0882. The number of rotatable bonds is 5. The molecule has 0 amide bonds. The lowest BCUT2D eigenvalue weighted by Gasteiger charge is -2.36. The van der Waals surface area contributed by atoms with Crippen LogP contribution < -0.4 is 10.1 Å².